The van der Waals surface area contributed by atoms with Crippen LogP contribution in [0.1, 0.15) is 12.5 Å². The van der Waals surface area contributed by atoms with Crippen LogP contribution in [0.5, 0.6) is 0 Å². The fourth-order valence-corrected chi connectivity index (χ4v) is 2.73. The predicted octanol–water partition coefficient (Wildman–Crippen LogP) is 2.50. The van der Waals surface area contributed by atoms with Crippen LogP contribution in [0.4, 0.5) is 11.5 Å². The van der Waals surface area contributed by atoms with E-state index in [-0.39, 0.29) is 0 Å². The van der Waals surface area contributed by atoms with Gasteiger partial charge in [-0.15, -0.1) is 0 Å². The van der Waals surface area contributed by atoms with Crippen molar-refractivity contribution in [2.75, 3.05) is 29.4 Å². The predicted molar refractivity (Wildman–Crippen MR) is 82.2 cm³/mol. The zero-order valence-electron chi connectivity index (χ0n) is 12.0. The smallest absolute Gasteiger partial charge is 0.147 e. The second kappa shape index (κ2) is 5.49. The molecule has 1 saturated heterocycles. The fraction of sp³-hybridized carbons (Fsp3) is 0.375. The minimum absolute atomic E-state index is 0.432. The standard InChI is InChI=1S/C16H20N4/c1-13-3-5-15(6-4-13)19-9-10-20(14(2)12-19)16-11-17-7-8-18-16/h3-8,11,14H,9-10,12H2,1-2H3/t14-/m0/s1. The highest BCUT2D eigenvalue weighted by Gasteiger charge is 2.24. The zero-order valence-corrected chi connectivity index (χ0v) is 12.0. The maximum atomic E-state index is 4.41. The van der Waals surface area contributed by atoms with Crippen molar-refractivity contribution in [2.45, 2.75) is 19.9 Å². The Morgan fingerprint density at radius 3 is 2.55 bits per heavy atom. The number of benzene rings is 1. The van der Waals surface area contributed by atoms with Crippen LogP contribution < -0.4 is 9.80 Å². The summed E-state index contributed by atoms with van der Waals surface area (Å²) in [4.78, 5) is 13.3. The Morgan fingerprint density at radius 1 is 1.10 bits per heavy atom. The lowest BCUT2D eigenvalue weighted by Gasteiger charge is -2.41. The van der Waals surface area contributed by atoms with Gasteiger partial charge in [0.1, 0.15) is 5.82 Å². The quantitative estimate of drug-likeness (QED) is 0.837. The summed E-state index contributed by atoms with van der Waals surface area (Å²) >= 11 is 0. The summed E-state index contributed by atoms with van der Waals surface area (Å²) in [6.45, 7) is 7.38. The minimum atomic E-state index is 0.432. The number of aryl methyl sites for hydroxylation is 1. The van der Waals surface area contributed by atoms with Gasteiger partial charge in [0.15, 0.2) is 0 Å². The molecule has 1 fully saturated rings. The molecule has 1 aliphatic rings. The first-order chi connectivity index (χ1) is 9.74. The van der Waals surface area contributed by atoms with Crippen LogP contribution in [0.3, 0.4) is 0 Å². The number of nitrogens with zero attached hydrogens (tertiary/aromatic N) is 4. The zero-order chi connectivity index (χ0) is 13.9. The van der Waals surface area contributed by atoms with Crippen LogP contribution in [0.2, 0.25) is 0 Å². The van der Waals surface area contributed by atoms with Crippen molar-refractivity contribution in [1.82, 2.24) is 9.97 Å². The van der Waals surface area contributed by atoms with E-state index in [0.29, 0.717) is 6.04 Å². The van der Waals surface area contributed by atoms with Gasteiger partial charge >= 0.3 is 0 Å². The lowest BCUT2D eigenvalue weighted by Crippen LogP contribution is -2.52. The summed E-state index contributed by atoms with van der Waals surface area (Å²) in [7, 11) is 0. The summed E-state index contributed by atoms with van der Waals surface area (Å²) in [5.74, 6) is 0.976. The van der Waals surface area contributed by atoms with Crippen LogP contribution in [0.15, 0.2) is 42.9 Å². The Bertz CT molecular complexity index is 552. The summed E-state index contributed by atoms with van der Waals surface area (Å²) in [5.41, 5.74) is 2.61. The summed E-state index contributed by atoms with van der Waals surface area (Å²) in [6, 6.07) is 9.20. The van der Waals surface area contributed by atoms with Crippen molar-refractivity contribution in [3.63, 3.8) is 0 Å². The van der Waals surface area contributed by atoms with Crippen molar-refractivity contribution >= 4 is 11.5 Å². The van der Waals surface area contributed by atoms with Gasteiger partial charge in [0.2, 0.25) is 0 Å². The van der Waals surface area contributed by atoms with Gasteiger partial charge in [-0.25, -0.2) is 4.98 Å². The van der Waals surface area contributed by atoms with Crippen LogP contribution in [0, 0.1) is 6.92 Å². The van der Waals surface area contributed by atoms with Gasteiger partial charge < -0.3 is 9.80 Å². The number of hydrogen-bond donors (Lipinski definition) is 0. The molecule has 0 N–H and O–H groups in total. The molecule has 0 radical (unpaired) electrons. The molecule has 104 valence electrons. The first-order valence-corrected chi connectivity index (χ1v) is 7.08. The van der Waals surface area contributed by atoms with Gasteiger partial charge in [0.25, 0.3) is 0 Å². The van der Waals surface area contributed by atoms with E-state index in [9.17, 15) is 0 Å². The Kier molecular flexibility index (Phi) is 3.54. The van der Waals surface area contributed by atoms with Crippen molar-refractivity contribution < 1.29 is 0 Å². The highest BCUT2D eigenvalue weighted by molar-refractivity contribution is 5.50. The highest BCUT2D eigenvalue weighted by atomic mass is 15.3. The molecule has 0 aliphatic carbocycles. The first-order valence-electron chi connectivity index (χ1n) is 7.08. The summed E-state index contributed by atoms with van der Waals surface area (Å²) in [5, 5.41) is 0. The van der Waals surface area contributed by atoms with Crippen molar-refractivity contribution in [1.29, 1.82) is 0 Å². The largest absolute Gasteiger partial charge is 0.368 e. The van der Waals surface area contributed by atoms with Crippen LogP contribution in [-0.4, -0.2) is 35.6 Å². The van der Waals surface area contributed by atoms with Crippen molar-refractivity contribution in [3.8, 4) is 0 Å². The van der Waals surface area contributed by atoms with E-state index >= 15 is 0 Å². The normalized spacial score (nSPS) is 19.2. The Balaban J connectivity index is 1.72. The first kappa shape index (κ1) is 12.9. The number of hydrogen-bond acceptors (Lipinski definition) is 4. The molecule has 0 spiro atoms. The van der Waals surface area contributed by atoms with E-state index in [1.54, 1.807) is 12.4 Å². The molecule has 1 aromatic carbocycles. The van der Waals surface area contributed by atoms with E-state index in [1.165, 1.54) is 11.3 Å². The lowest BCUT2D eigenvalue weighted by molar-refractivity contribution is 0.545. The van der Waals surface area contributed by atoms with Gasteiger partial charge in [-0.1, -0.05) is 17.7 Å². The molecule has 4 heteroatoms. The molecule has 20 heavy (non-hydrogen) atoms. The Morgan fingerprint density at radius 2 is 1.90 bits per heavy atom. The van der Waals surface area contributed by atoms with E-state index in [2.05, 4.69) is 57.9 Å². The SMILES string of the molecule is Cc1ccc(N2CCN(c3cnccn3)[C@@H](C)C2)cc1. The average molecular weight is 268 g/mol. The second-order valence-corrected chi connectivity index (χ2v) is 5.39. The van der Waals surface area contributed by atoms with E-state index in [0.717, 1.165) is 25.5 Å². The van der Waals surface area contributed by atoms with Gasteiger partial charge in [0.05, 0.1) is 6.20 Å². The minimum Gasteiger partial charge on any atom is -0.368 e. The molecule has 0 bridgehead atoms. The average Bonchev–Trinajstić information content (AvgIpc) is 2.49. The second-order valence-electron chi connectivity index (χ2n) is 5.39. The third-order valence-corrected chi connectivity index (χ3v) is 3.87. The maximum Gasteiger partial charge on any atom is 0.147 e. The fourth-order valence-electron chi connectivity index (χ4n) is 2.73. The molecule has 1 aromatic heterocycles. The van der Waals surface area contributed by atoms with E-state index in [1.807, 2.05) is 6.20 Å². The lowest BCUT2D eigenvalue weighted by atomic mass is 10.1. The van der Waals surface area contributed by atoms with Crippen molar-refractivity contribution in [3.05, 3.63) is 48.4 Å². The Hall–Kier alpha value is -2.10. The molecule has 0 unspecified atom stereocenters. The summed E-state index contributed by atoms with van der Waals surface area (Å²) < 4.78 is 0. The van der Waals surface area contributed by atoms with Crippen molar-refractivity contribution in [2.24, 2.45) is 0 Å². The van der Waals surface area contributed by atoms with E-state index in [4.69, 9.17) is 0 Å². The number of aromatic nitrogens is 2. The molecule has 4 nitrogen and oxygen atoms in total. The topological polar surface area (TPSA) is 32.3 Å². The Labute approximate surface area is 120 Å². The molecule has 2 aromatic rings. The van der Waals surface area contributed by atoms with Crippen LogP contribution >= 0.6 is 0 Å². The number of rotatable bonds is 2. The third-order valence-electron chi connectivity index (χ3n) is 3.87. The van der Waals surface area contributed by atoms with Gasteiger partial charge in [-0.2, -0.15) is 0 Å². The monoisotopic (exact) mass is 268 g/mol. The van der Waals surface area contributed by atoms with E-state index < -0.39 is 0 Å². The molecule has 0 amide bonds. The molecule has 1 aliphatic heterocycles. The molecule has 0 saturated carbocycles. The third kappa shape index (κ3) is 2.59. The highest BCUT2D eigenvalue weighted by Crippen LogP contribution is 2.22. The summed E-state index contributed by atoms with van der Waals surface area (Å²) in [6.07, 6.45) is 5.32. The van der Waals surface area contributed by atoms with Gasteiger partial charge in [-0.05, 0) is 26.0 Å². The van der Waals surface area contributed by atoms with Crippen LogP contribution in [0.25, 0.3) is 0 Å². The molecule has 1 atom stereocenters. The van der Waals surface area contributed by atoms with Crippen LogP contribution in [-0.2, 0) is 0 Å². The number of piperazine rings is 1. The molecular weight excluding hydrogens is 248 g/mol. The molecule has 3 rings (SSSR count). The molecular formula is C16H20N4. The maximum absolute atomic E-state index is 4.41. The van der Waals surface area contributed by atoms with Gasteiger partial charge in [0, 0.05) is 43.8 Å². The van der Waals surface area contributed by atoms with Gasteiger partial charge in [-0.3, -0.25) is 4.98 Å². The molecule has 2 heterocycles. The number of anilines is 2.